The number of hydrogen-bond donors (Lipinski definition) is 0. The highest BCUT2D eigenvalue weighted by atomic mass is 14.2. The van der Waals surface area contributed by atoms with Crippen molar-refractivity contribution in [3.8, 4) is 0 Å². The Morgan fingerprint density at radius 3 is 1.53 bits per heavy atom. The van der Waals surface area contributed by atoms with Gasteiger partial charge in [-0.25, -0.2) is 0 Å². The summed E-state index contributed by atoms with van der Waals surface area (Å²) >= 11 is 0. The van der Waals surface area contributed by atoms with Gasteiger partial charge in [-0.15, -0.1) is 0 Å². The third-order valence-corrected chi connectivity index (χ3v) is 3.63. The molecule has 0 aliphatic heterocycles. The minimum Gasteiger partial charge on any atom is -0.0602 e. The second-order valence-electron chi connectivity index (χ2n) is 6.68. The molecular weight excluding hydrogens is 180 g/mol. The second kappa shape index (κ2) is 6.55. The van der Waals surface area contributed by atoms with Crippen LogP contribution in [0.25, 0.3) is 0 Å². The summed E-state index contributed by atoms with van der Waals surface area (Å²) < 4.78 is 0. The van der Waals surface area contributed by atoms with Gasteiger partial charge in [0.05, 0.1) is 0 Å². The third-order valence-electron chi connectivity index (χ3n) is 3.63. The molecule has 0 N–H and O–H groups in total. The van der Waals surface area contributed by atoms with E-state index < -0.39 is 0 Å². The van der Waals surface area contributed by atoms with Crippen molar-refractivity contribution in [1.29, 1.82) is 0 Å². The van der Waals surface area contributed by atoms with Crippen LogP contribution in [0, 0.1) is 11.3 Å². The molecule has 1 aliphatic carbocycles. The molecule has 0 heteroatoms. The van der Waals surface area contributed by atoms with Crippen molar-refractivity contribution in [2.45, 2.75) is 85.0 Å². The summed E-state index contributed by atoms with van der Waals surface area (Å²) in [5, 5.41) is 0. The Labute approximate surface area is 96.8 Å². The first-order valence-corrected chi connectivity index (χ1v) is 7.08. The highest BCUT2D eigenvalue weighted by molar-refractivity contribution is 4.70. The molecule has 90 valence electrons. The van der Waals surface area contributed by atoms with Crippen LogP contribution >= 0.6 is 0 Å². The molecule has 0 atom stereocenters. The molecule has 0 aromatic rings. The molecule has 1 fully saturated rings. The lowest BCUT2D eigenvalue weighted by atomic mass is 9.79. The average Bonchev–Trinajstić information content (AvgIpc) is 2.13. The fourth-order valence-corrected chi connectivity index (χ4v) is 2.96. The van der Waals surface area contributed by atoms with Crippen molar-refractivity contribution in [3.05, 3.63) is 0 Å². The lowest BCUT2D eigenvalue weighted by molar-refractivity contribution is 0.257. The van der Waals surface area contributed by atoms with E-state index in [0.717, 1.165) is 5.92 Å². The zero-order valence-electron chi connectivity index (χ0n) is 11.1. The number of hydrogen-bond acceptors (Lipinski definition) is 0. The normalized spacial score (nSPS) is 22.6. The first-order chi connectivity index (χ1) is 7.08. The fraction of sp³-hybridized carbons (Fsp3) is 1.00. The van der Waals surface area contributed by atoms with Gasteiger partial charge in [0.1, 0.15) is 0 Å². The quantitative estimate of drug-likeness (QED) is 0.531. The first kappa shape index (κ1) is 13.1. The molecule has 0 nitrogen and oxygen atoms in total. The molecule has 1 saturated carbocycles. The summed E-state index contributed by atoms with van der Waals surface area (Å²) in [7, 11) is 0. The number of rotatable bonds is 1. The van der Waals surface area contributed by atoms with Crippen LogP contribution in [0.5, 0.6) is 0 Å². The maximum Gasteiger partial charge on any atom is -0.0380 e. The van der Waals surface area contributed by atoms with Crippen molar-refractivity contribution in [1.82, 2.24) is 0 Å². The fourth-order valence-electron chi connectivity index (χ4n) is 2.96. The Balaban J connectivity index is 2.31. The summed E-state index contributed by atoms with van der Waals surface area (Å²) in [6.07, 6.45) is 14.8. The Kier molecular flexibility index (Phi) is 5.71. The van der Waals surface area contributed by atoms with Gasteiger partial charge in [-0.3, -0.25) is 0 Å². The van der Waals surface area contributed by atoms with Gasteiger partial charge in [-0.05, 0) is 17.8 Å². The SMILES string of the molecule is CC(C)(C)CC1CCCCCCCCC1. The first-order valence-electron chi connectivity index (χ1n) is 7.08. The monoisotopic (exact) mass is 210 g/mol. The van der Waals surface area contributed by atoms with E-state index in [4.69, 9.17) is 0 Å². The molecule has 0 aromatic carbocycles. The molecule has 1 aliphatic rings. The molecule has 0 bridgehead atoms. The van der Waals surface area contributed by atoms with E-state index in [1.54, 1.807) is 0 Å². The van der Waals surface area contributed by atoms with Gasteiger partial charge in [0.2, 0.25) is 0 Å². The Morgan fingerprint density at radius 1 is 0.733 bits per heavy atom. The molecule has 0 heterocycles. The molecule has 15 heavy (non-hydrogen) atoms. The van der Waals surface area contributed by atoms with Crippen LogP contribution in [0.3, 0.4) is 0 Å². The smallest absolute Gasteiger partial charge is 0.0380 e. The highest BCUT2D eigenvalue weighted by Gasteiger charge is 2.18. The topological polar surface area (TPSA) is 0 Å². The van der Waals surface area contributed by atoms with Crippen LogP contribution in [0.2, 0.25) is 0 Å². The van der Waals surface area contributed by atoms with Crippen molar-refractivity contribution >= 4 is 0 Å². The predicted molar refractivity (Wildman–Crippen MR) is 69.1 cm³/mol. The maximum atomic E-state index is 2.39. The van der Waals surface area contributed by atoms with Gasteiger partial charge < -0.3 is 0 Å². The Bertz CT molecular complexity index is 142. The largest absolute Gasteiger partial charge is 0.0602 e. The van der Waals surface area contributed by atoms with Gasteiger partial charge in [-0.1, -0.05) is 78.6 Å². The van der Waals surface area contributed by atoms with Crippen molar-refractivity contribution in [2.24, 2.45) is 11.3 Å². The van der Waals surface area contributed by atoms with Crippen LogP contribution < -0.4 is 0 Å². The van der Waals surface area contributed by atoms with Crippen LogP contribution in [-0.2, 0) is 0 Å². The molecular formula is C15H30. The molecule has 0 aromatic heterocycles. The van der Waals surface area contributed by atoms with Crippen molar-refractivity contribution in [2.75, 3.05) is 0 Å². The van der Waals surface area contributed by atoms with Crippen LogP contribution in [0.1, 0.15) is 85.0 Å². The van der Waals surface area contributed by atoms with Crippen LogP contribution in [0.4, 0.5) is 0 Å². The summed E-state index contributed by atoms with van der Waals surface area (Å²) in [4.78, 5) is 0. The van der Waals surface area contributed by atoms with Crippen molar-refractivity contribution in [3.63, 3.8) is 0 Å². The van der Waals surface area contributed by atoms with E-state index in [2.05, 4.69) is 20.8 Å². The lowest BCUT2D eigenvalue weighted by Gasteiger charge is -2.26. The Morgan fingerprint density at radius 2 is 1.13 bits per heavy atom. The minimum absolute atomic E-state index is 0.536. The van der Waals surface area contributed by atoms with Gasteiger partial charge in [0, 0.05) is 0 Å². The predicted octanol–water partition coefficient (Wildman–Crippen LogP) is 5.56. The summed E-state index contributed by atoms with van der Waals surface area (Å²) in [5.41, 5.74) is 0.536. The van der Waals surface area contributed by atoms with E-state index in [0.29, 0.717) is 5.41 Å². The van der Waals surface area contributed by atoms with Gasteiger partial charge in [0.15, 0.2) is 0 Å². The van der Waals surface area contributed by atoms with Crippen LogP contribution in [-0.4, -0.2) is 0 Å². The lowest BCUT2D eigenvalue weighted by Crippen LogP contribution is -2.14. The highest BCUT2D eigenvalue weighted by Crippen LogP contribution is 2.31. The minimum atomic E-state index is 0.536. The summed E-state index contributed by atoms with van der Waals surface area (Å²) in [6.45, 7) is 7.18. The summed E-state index contributed by atoms with van der Waals surface area (Å²) in [5.74, 6) is 1.02. The van der Waals surface area contributed by atoms with Crippen LogP contribution in [0.15, 0.2) is 0 Å². The van der Waals surface area contributed by atoms with E-state index in [9.17, 15) is 0 Å². The zero-order chi connectivity index (χ0) is 11.1. The van der Waals surface area contributed by atoms with E-state index in [-0.39, 0.29) is 0 Å². The van der Waals surface area contributed by atoms with E-state index >= 15 is 0 Å². The Hall–Kier alpha value is 0. The van der Waals surface area contributed by atoms with Gasteiger partial charge in [-0.2, -0.15) is 0 Å². The second-order valence-corrected chi connectivity index (χ2v) is 6.68. The summed E-state index contributed by atoms with van der Waals surface area (Å²) in [6, 6.07) is 0. The molecule has 0 spiro atoms. The maximum absolute atomic E-state index is 2.39. The average molecular weight is 210 g/mol. The zero-order valence-corrected chi connectivity index (χ0v) is 11.1. The molecule has 0 radical (unpaired) electrons. The molecule has 0 amide bonds. The van der Waals surface area contributed by atoms with Gasteiger partial charge >= 0.3 is 0 Å². The van der Waals surface area contributed by atoms with E-state index in [1.165, 1.54) is 64.2 Å². The molecule has 0 unspecified atom stereocenters. The van der Waals surface area contributed by atoms with Crippen molar-refractivity contribution < 1.29 is 0 Å². The standard InChI is InChI=1S/C15H30/c1-15(2,3)13-14-11-9-7-5-4-6-8-10-12-14/h14H,4-13H2,1-3H3. The van der Waals surface area contributed by atoms with Gasteiger partial charge in [0.25, 0.3) is 0 Å². The van der Waals surface area contributed by atoms with E-state index in [1.807, 2.05) is 0 Å². The third kappa shape index (κ3) is 6.98. The molecule has 1 rings (SSSR count). The molecule has 0 saturated heterocycles.